The second-order valence-corrected chi connectivity index (χ2v) is 11.6. The van der Waals surface area contributed by atoms with Gasteiger partial charge in [-0.15, -0.1) is 0 Å². The van der Waals surface area contributed by atoms with E-state index >= 15 is 0 Å². The average Bonchev–Trinajstić information content (AvgIpc) is 3.14. The molecular weight excluding hydrogens is 556 g/mol. The Labute approximate surface area is 267 Å². The van der Waals surface area contributed by atoms with E-state index in [4.69, 9.17) is 0 Å². The Morgan fingerprint density at radius 3 is 1.24 bits per heavy atom. The van der Waals surface area contributed by atoms with Crippen molar-refractivity contribution in [3.8, 4) is 56.6 Å². The van der Waals surface area contributed by atoms with E-state index in [0.717, 1.165) is 33.4 Å². The molecule has 0 bridgehead atoms. The van der Waals surface area contributed by atoms with E-state index in [2.05, 4.69) is 127 Å². The van der Waals surface area contributed by atoms with E-state index in [0.29, 0.717) is 11.1 Å². The normalized spacial score (nSPS) is 11.0. The predicted molar refractivity (Wildman–Crippen MR) is 190 cm³/mol. The van der Waals surface area contributed by atoms with Crippen LogP contribution in [0, 0.1) is 22.7 Å². The van der Waals surface area contributed by atoms with Crippen molar-refractivity contribution in [1.82, 2.24) is 0 Å². The van der Waals surface area contributed by atoms with E-state index in [1.165, 1.54) is 43.4 Å². The third-order valence-electron chi connectivity index (χ3n) is 8.90. The number of hydrogen-bond acceptors (Lipinski definition) is 2. The Morgan fingerprint density at radius 1 is 0.283 bits per heavy atom. The summed E-state index contributed by atoms with van der Waals surface area (Å²) >= 11 is 0. The fraction of sp³-hybridized carbons (Fsp3) is 0. The monoisotopic (exact) mass is 582 g/mol. The lowest BCUT2D eigenvalue weighted by Gasteiger charge is -2.17. The zero-order chi connectivity index (χ0) is 31.0. The van der Waals surface area contributed by atoms with Gasteiger partial charge in [0.05, 0.1) is 23.3 Å². The average molecular weight is 583 g/mol. The largest absolute Gasteiger partial charge is 0.192 e. The Bertz CT molecular complexity index is 2540. The molecule has 0 saturated carbocycles. The van der Waals surface area contributed by atoms with Crippen LogP contribution in [0.25, 0.3) is 76.8 Å². The highest BCUT2D eigenvalue weighted by Gasteiger charge is 2.15. The van der Waals surface area contributed by atoms with Crippen LogP contribution in [0.4, 0.5) is 0 Å². The number of benzene rings is 8. The topological polar surface area (TPSA) is 47.6 Å². The summed E-state index contributed by atoms with van der Waals surface area (Å²) in [7, 11) is 0. The smallest absolute Gasteiger partial charge is 0.0991 e. The van der Waals surface area contributed by atoms with Crippen LogP contribution in [0.1, 0.15) is 11.1 Å². The number of nitrogens with zero attached hydrogens (tertiary/aromatic N) is 2. The lowest BCUT2D eigenvalue weighted by atomic mass is 9.87. The van der Waals surface area contributed by atoms with E-state index in [1.54, 1.807) is 0 Å². The Hall–Kier alpha value is -6.48. The van der Waals surface area contributed by atoms with Gasteiger partial charge < -0.3 is 0 Å². The Morgan fingerprint density at radius 2 is 0.717 bits per heavy atom. The van der Waals surface area contributed by atoms with Gasteiger partial charge in [-0.2, -0.15) is 10.5 Å². The van der Waals surface area contributed by atoms with Crippen molar-refractivity contribution in [3.63, 3.8) is 0 Å². The summed E-state index contributed by atoms with van der Waals surface area (Å²) < 4.78 is 0. The fourth-order valence-electron chi connectivity index (χ4n) is 6.67. The van der Waals surface area contributed by atoms with Gasteiger partial charge in [-0.05, 0) is 125 Å². The zero-order valence-electron chi connectivity index (χ0n) is 24.9. The standard InChI is InChI=1S/C44H26N2/c45-27-29-18-20-31(21-19-29)33-10-6-12-35(23-33)41-25-43-40-17-4-2-15-38(40)42(26-44(43)39-16-3-1-14-37(39)41)36-13-7-11-34(24-36)32-9-5-8-30(22-32)28-46/h1-26H. The molecule has 0 atom stereocenters. The number of fused-ring (bicyclic) bond motifs is 5. The van der Waals surface area contributed by atoms with Gasteiger partial charge in [-0.1, -0.05) is 109 Å². The van der Waals surface area contributed by atoms with E-state index < -0.39 is 0 Å². The molecule has 2 heteroatoms. The second-order valence-electron chi connectivity index (χ2n) is 11.6. The molecule has 8 rings (SSSR count). The molecule has 0 aliphatic heterocycles. The minimum absolute atomic E-state index is 0.656. The van der Waals surface area contributed by atoms with Crippen LogP contribution in [0.2, 0.25) is 0 Å². The van der Waals surface area contributed by atoms with Crippen molar-refractivity contribution in [2.45, 2.75) is 0 Å². The summed E-state index contributed by atoms with van der Waals surface area (Å²) in [6.45, 7) is 0. The van der Waals surface area contributed by atoms with Crippen molar-refractivity contribution in [2.24, 2.45) is 0 Å². The van der Waals surface area contributed by atoms with Crippen molar-refractivity contribution in [2.75, 3.05) is 0 Å². The summed E-state index contributed by atoms with van der Waals surface area (Å²) in [6.07, 6.45) is 0. The predicted octanol–water partition coefficient (Wildman–Crippen LogP) is 11.6. The van der Waals surface area contributed by atoms with Crippen LogP contribution >= 0.6 is 0 Å². The molecule has 0 spiro atoms. The maximum Gasteiger partial charge on any atom is 0.0991 e. The summed E-state index contributed by atoms with van der Waals surface area (Å²) in [5, 5.41) is 26.0. The molecule has 0 saturated heterocycles. The fourth-order valence-corrected chi connectivity index (χ4v) is 6.67. The number of rotatable bonds is 4. The maximum atomic E-state index is 9.46. The second kappa shape index (κ2) is 11.2. The molecule has 0 radical (unpaired) electrons. The summed E-state index contributed by atoms with van der Waals surface area (Å²) in [6, 6.07) is 59.4. The highest BCUT2D eigenvalue weighted by molar-refractivity contribution is 6.23. The first-order chi connectivity index (χ1) is 22.7. The quantitative estimate of drug-likeness (QED) is 0.194. The molecule has 0 fully saturated rings. The Balaban J connectivity index is 1.35. The molecule has 212 valence electrons. The van der Waals surface area contributed by atoms with Crippen LogP contribution in [0.5, 0.6) is 0 Å². The summed E-state index contributed by atoms with van der Waals surface area (Å²) in [5.41, 5.74) is 10.3. The SMILES string of the molecule is N#Cc1ccc(-c2cccc(-c3cc4c5ccccc5c(-c5cccc(-c6cccc(C#N)c6)c5)cc4c4ccccc34)c2)cc1. The molecule has 0 N–H and O–H groups in total. The molecular formula is C44H26N2. The van der Waals surface area contributed by atoms with Crippen LogP contribution in [0.3, 0.4) is 0 Å². The molecule has 0 aliphatic rings. The first kappa shape index (κ1) is 27.1. The van der Waals surface area contributed by atoms with Crippen molar-refractivity contribution < 1.29 is 0 Å². The number of nitriles is 2. The van der Waals surface area contributed by atoms with E-state index in [-0.39, 0.29) is 0 Å². The first-order valence-electron chi connectivity index (χ1n) is 15.3. The minimum Gasteiger partial charge on any atom is -0.192 e. The summed E-state index contributed by atoms with van der Waals surface area (Å²) in [5.74, 6) is 0. The lowest BCUT2D eigenvalue weighted by Crippen LogP contribution is -1.90. The molecule has 46 heavy (non-hydrogen) atoms. The van der Waals surface area contributed by atoms with Gasteiger partial charge in [0.2, 0.25) is 0 Å². The van der Waals surface area contributed by atoms with Gasteiger partial charge >= 0.3 is 0 Å². The third-order valence-corrected chi connectivity index (χ3v) is 8.90. The first-order valence-corrected chi connectivity index (χ1v) is 15.3. The molecule has 0 amide bonds. The van der Waals surface area contributed by atoms with Gasteiger partial charge in [-0.25, -0.2) is 0 Å². The van der Waals surface area contributed by atoms with Gasteiger partial charge in [0.1, 0.15) is 0 Å². The van der Waals surface area contributed by atoms with Crippen molar-refractivity contribution >= 4 is 32.3 Å². The lowest BCUT2D eigenvalue weighted by molar-refractivity contribution is 1.48. The molecule has 8 aromatic rings. The number of hydrogen-bond donors (Lipinski definition) is 0. The van der Waals surface area contributed by atoms with Crippen molar-refractivity contribution in [1.29, 1.82) is 10.5 Å². The van der Waals surface area contributed by atoms with E-state index in [1.807, 2.05) is 42.5 Å². The molecule has 2 nitrogen and oxygen atoms in total. The van der Waals surface area contributed by atoms with Crippen molar-refractivity contribution in [3.05, 3.63) is 169 Å². The summed E-state index contributed by atoms with van der Waals surface area (Å²) in [4.78, 5) is 0. The van der Waals surface area contributed by atoms with Crippen LogP contribution in [-0.2, 0) is 0 Å². The molecule has 0 unspecified atom stereocenters. The highest BCUT2D eigenvalue weighted by atomic mass is 14.2. The third kappa shape index (κ3) is 4.67. The molecule has 0 heterocycles. The molecule has 0 aromatic heterocycles. The highest BCUT2D eigenvalue weighted by Crippen LogP contribution is 2.42. The van der Waals surface area contributed by atoms with Crippen LogP contribution in [0.15, 0.2) is 158 Å². The Kier molecular flexibility index (Phi) is 6.61. The van der Waals surface area contributed by atoms with Crippen LogP contribution in [-0.4, -0.2) is 0 Å². The minimum atomic E-state index is 0.656. The van der Waals surface area contributed by atoms with Gasteiger partial charge in [-0.3, -0.25) is 0 Å². The van der Waals surface area contributed by atoms with Gasteiger partial charge in [0, 0.05) is 0 Å². The van der Waals surface area contributed by atoms with Gasteiger partial charge in [0.15, 0.2) is 0 Å². The van der Waals surface area contributed by atoms with Gasteiger partial charge in [0.25, 0.3) is 0 Å². The molecule has 8 aromatic carbocycles. The van der Waals surface area contributed by atoms with E-state index in [9.17, 15) is 10.5 Å². The maximum absolute atomic E-state index is 9.46. The van der Waals surface area contributed by atoms with Crippen LogP contribution < -0.4 is 0 Å². The zero-order valence-corrected chi connectivity index (χ0v) is 24.9. The molecule has 0 aliphatic carbocycles.